The van der Waals surface area contributed by atoms with Crippen LogP contribution in [0.5, 0.6) is 0 Å². The average Bonchev–Trinajstić information content (AvgIpc) is 3.64. The first-order valence-corrected chi connectivity index (χ1v) is 11.3. The minimum absolute atomic E-state index is 0.146. The van der Waals surface area contributed by atoms with Gasteiger partial charge in [-0.15, -0.1) is 9.90 Å². The van der Waals surface area contributed by atoms with Crippen molar-refractivity contribution >= 4 is 28.8 Å². The van der Waals surface area contributed by atoms with E-state index in [1.54, 1.807) is 6.92 Å². The summed E-state index contributed by atoms with van der Waals surface area (Å²) in [6.45, 7) is -1.09. The predicted octanol–water partition coefficient (Wildman–Crippen LogP) is 3.52. The maximum atomic E-state index is 14.1. The molecule has 0 bridgehead atoms. The fourth-order valence-electron chi connectivity index (χ4n) is 4.74. The van der Waals surface area contributed by atoms with Crippen molar-refractivity contribution in [1.82, 2.24) is 44.4 Å². The van der Waals surface area contributed by atoms with Crippen molar-refractivity contribution < 1.29 is 18.0 Å². The van der Waals surface area contributed by atoms with Crippen molar-refractivity contribution in [3.8, 4) is 5.82 Å². The van der Waals surface area contributed by atoms with E-state index in [0.717, 1.165) is 12.3 Å². The SMILES string of the molecule is C[C@]1(c2ccn(C(F)F)n2)C[C@@H](C(=O)Nc2cnc(-n3nccn3)c(Cl)c2)c2cnc3cc(F)nn3c21. The van der Waals surface area contributed by atoms with Crippen molar-refractivity contribution in [1.29, 1.82) is 0 Å². The maximum Gasteiger partial charge on any atom is 0.333 e. The molecule has 15 heteroatoms. The number of alkyl halides is 2. The van der Waals surface area contributed by atoms with Crippen molar-refractivity contribution in [2.45, 2.75) is 31.2 Å². The highest BCUT2D eigenvalue weighted by atomic mass is 35.5. The third-order valence-electron chi connectivity index (χ3n) is 6.38. The number of anilines is 1. The molecule has 0 saturated carbocycles. The first-order valence-electron chi connectivity index (χ1n) is 11.0. The van der Waals surface area contributed by atoms with Crippen LogP contribution in [0.3, 0.4) is 0 Å². The maximum absolute atomic E-state index is 14.1. The number of hydrogen-bond donors (Lipinski definition) is 1. The number of fused-ring (bicyclic) bond motifs is 3. The number of aromatic nitrogens is 9. The van der Waals surface area contributed by atoms with Crippen LogP contribution < -0.4 is 5.32 Å². The highest BCUT2D eigenvalue weighted by Gasteiger charge is 2.48. The number of nitrogens with one attached hydrogen (secondary N) is 1. The van der Waals surface area contributed by atoms with Gasteiger partial charge < -0.3 is 5.32 Å². The standard InChI is InChI=1S/C22H16ClF3N10O/c1-22(15-2-5-34(32-15)21(25)26)8-12(13-10-27-17-7-16(24)33-35(17)18(13)22)20(37)31-11-6-14(23)19(28-9-11)36-29-3-4-30-36/h2-7,9-10,12,21H,8H2,1H3,(H,31,37)/t12-,22-/m1/s1. The molecular formula is C22H16ClF3N10O. The Morgan fingerprint density at radius 3 is 2.68 bits per heavy atom. The molecular weight excluding hydrogens is 513 g/mol. The summed E-state index contributed by atoms with van der Waals surface area (Å²) >= 11 is 6.32. The molecule has 0 aliphatic heterocycles. The van der Waals surface area contributed by atoms with Crippen LogP contribution in [0.4, 0.5) is 18.9 Å². The smallest absolute Gasteiger partial charge is 0.324 e. The topological polar surface area (TPSA) is 121 Å². The van der Waals surface area contributed by atoms with Gasteiger partial charge in [0.25, 0.3) is 0 Å². The summed E-state index contributed by atoms with van der Waals surface area (Å²) in [6, 6.07) is 4.11. The lowest BCUT2D eigenvalue weighted by Crippen LogP contribution is -2.26. The van der Waals surface area contributed by atoms with Crippen molar-refractivity contribution in [2.24, 2.45) is 0 Å². The number of nitrogens with zero attached hydrogens (tertiary/aromatic N) is 9. The van der Waals surface area contributed by atoms with Gasteiger partial charge in [0.1, 0.15) is 0 Å². The summed E-state index contributed by atoms with van der Waals surface area (Å²) in [5.74, 6) is -1.69. The van der Waals surface area contributed by atoms with Crippen molar-refractivity contribution in [3.05, 3.63) is 77.1 Å². The van der Waals surface area contributed by atoms with Gasteiger partial charge >= 0.3 is 6.55 Å². The molecule has 37 heavy (non-hydrogen) atoms. The molecule has 0 aromatic carbocycles. The first-order chi connectivity index (χ1) is 17.7. The molecule has 5 aromatic heterocycles. The molecule has 1 aliphatic rings. The molecule has 6 rings (SSSR count). The van der Waals surface area contributed by atoms with Crippen LogP contribution >= 0.6 is 11.6 Å². The van der Waals surface area contributed by atoms with Crippen molar-refractivity contribution in [3.63, 3.8) is 0 Å². The van der Waals surface area contributed by atoms with Gasteiger partial charge in [-0.2, -0.15) is 28.5 Å². The zero-order valence-corrected chi connectivity index (χ0v) is 19.7. The molecule has 0 unspecified atom stereocenters. The quantitative estimate of drug-likeness (QED) is 0.370. The third kappa shape index (κ3) is 3.71. The Bertz CT molecular complexity index is 1650. The Morgan fingerprint density at radius 2 is 1.97 bits per heavy atom. The Balaban J connectivity index is 1.38. The molecule has 1 aliphatic carbocycles. The third-order valence-corrected chi connectivity index (χ3v) is 6.66. The summed E-state index contributed by atoms with van der Waals surface area (Å²) in [6.07, 6.45) is 7.14. The van der Waals surface area contributed by atoms with Crippen LogP contribution in [-0.4, -0.2) is 50.3 Å². The fourth-order valence-corrected chi connectivity index (χ4v) is 4.98. The monoisotopic (exact) mass is 528 g/mol. The number of halogens is 4. The van der Waals surface area contributed by atoms with Gasteiger partial charge in [0.15, 0.2) is 11.5 Å². The van der Waals surface area contributed by atoms with Crippen LogP contribution in [0.15, 0.2) is 49.2 Å². The Hall–Kier alpha value is -4.33. The zero-order chi connectivity index (χ0) is 25.9. The van der Waals surface area contributed by atoms with Gasteiger partial charge in [-0.1, -0.05) is 11.6 Å². The molecule has 1 amide bonds. The van der Waals surface area contributed by atoms with Crippen LogP contribution in [0, 0.1) is 5.95 Å². The van der Waals surface area contributed by atoms with Gasteiger partial charge in [0.2, 0.25) is 11.9 Å². The molecule has 0 radical (unpaired) electrons. The number of amides is 1. The zero-order valence-electron chi connectivity index (χ0n) is 18.9. The lowest BCUT2D eigenvalue weighted by atomic mass is 9.82. The fraction of sp³-hybridized carbons (Fsp3) is 0.227. The van der Waals surface area contributed by atoms with E-state index in [9.17, 15) is 18.0 Å². The lowest BCUT2D eigenvalue weighted by Gasteiger charge is -2.23. The summed E-state index contributed by atoms with van der Waals surface area (Å²) in [4.78, 5) is 23.2. The number of pyridine rings is 1. The van der Waals surface area contributed by atoms with E-state index < -0.39 is 29.7 Å². The Kier molecular flexibility index (Phi) is 5.22. The molecule has 188 valence electrons. The summed E-state index contributed by atoms with van der Waals surface area (Å²) < 4.78 is 42.4. The lowest BCUT2D eigenvalue weighted by molar-refractivity contribution is -0.117. The van der Waals surface area contributed by atoms with E-state index in [4.69, 9.17) is 11.6 Å². The summed E-state index contributed by atoms with van der Waals surface area (Å²) in [7, 11) is 0. The predicted molar refractivity (Wildman–Crippen MR) is 123 cm³/mol. The van der Waals surface area contributed by atoms with Gasteiger partial charge in [-0.3, -0.25) is 4.79 Å². The molecule has 5 heterocycles. The van der Waals surface area contributed by atoms with E-state index in [0.29, 0.717) is 21.6 Å². The molecule has 0 spiro atoms. The van der Waals surface area contributed by atoms with Crippen LogP contribution in [0.25, 0.3) is 11.5 Å². The van der Waals surface area contributed by atoms with Crippen LogP contribution in [0.1, 0.15) is 42.8 Å². The highest BCUT2D eigenvalue weighted by Crippen LogP contribution is 2.49. The van der Waals surface area contributed by atoms with E-state index in [2.05, 4.69) is 35.7 Å². The molecule has 0 fully saturated rings. The van der Waals surface area contributed by atoms with Crippen LogP contribution in [0.2, 0.25) is 5.02 Å². The number of rotatable bonds is 5. The number of carbonyl (C=O) groups is 1. The minimum Gasteiger partial charge on any atom is -0.324 e. The molecule has 2 atom stereocenters. The number of carbonyl (C=O) groups excluding carboxylic acids is 1. The second-order valence-electron chi connectivity index (χ2n) is 8.68. The highest BCUT2D eigenvalue weighted by molar-refractivity contribution is 6.32. The van der Waals surface area contributed by atoms with E-state index in [1.807, 2.05) is 0 Å². The Labute approximate surface area is 210 Å². The van der Waals surface area contributed by atoms with Gasteiger partial charge in [-0.25, -0.2) is 19.2 Å². The van der Waals surface area contributed by atoms with Crippen molar-refractivity contribution in [2.75, 3.05) is 5.32 Å². The summed E-state index contributed by atoms with van der Waals surface area (Å²) in [5, 5.41) is 18.9. The second-order valence-corrected chi connectivity index (χ2v) is 9.09. The van der Waals surface area contributed by atoms with Gasteiger partial charge in [0.05, 0.1) is 52.0 Å². The van der Waals surface area contributed by atoms with Crippen LogP contribution in [-0.2, 0) is 10.2 Å². The van der Waals surface area contributed by atoms with E-state index in [1.165, 1.54) is 46.2 Å². The number of hydrogen-bond acceptors (Lipinski definition) is 7. The van der Waals surface area contributed by atoms with Gasteiger partial charge in [0, 0.05) is 24.0 Å². The molecule has 5 aromatic rings. The Morgan fingerprint density at radius 1 is 1.19 bits per heavy atom. The van der Waals surface area contributed by atoms with Gasteiger partial charge in [-0.05, 0) is 25.5 Å². The molecule has 11 nitrogen and oxygen atoms in total. The second kappa shape index (κ2) is 8.37. The van der Waals surface area contributed by atoms with E-state index >= 15 is 0 Å². The average molecular weight is 529 g/mol. The normalized spacial score (nSPS) is 19.0. The van der Waals surface area contributed by atoms with E-state index in [-0.39, 0.29) is 28.6 Å². The summed E-state index contributed by atoms with van der Waals surface area (Å²) in [5.41, 5.74) is 0.685. The molecule has 0 saturated heterocycles. The first kappa shape index (κ1) is 23.1. The minimum atomic E-state index is -2.84. The largest absolute Gasteiger partial charge is 0.333 e. The molecule has 1 N–H and O–H groups in total.